The summed E-state index contributed by atoms with van der Waals surface area (Å²) in [7, 11) is 0. The highest BCUT2D eigenvalue weighted by Gasteiger charge is 2.20. The van der Waals surface area contributed by atoms with Crippen LogP contribution in [-0.4, -0.2) is 21.1 Å². The zero-order valence-corrected chi connectivity index (χ0v) is 10.3. The Labute approximate surface area is 112 Å². The van der Waals surface area contributed by atoms with Crippen LogP contribution in [0.25, 0.3) is 0 Å². The summed E-state index contributed by atoms with van der Waals surface area (Å²) in [4.78, 5) is 12.1. The molecule has 0 aliphatic carbocycles. The van der Waals surface area contributed by atoms with E-state index in [0.29, 0.717) is 12.1 Å². The normalized spacial score (nSPS) is 10.6. The second-order valence-electron chi connectivity index (χ2n) is 4.22. The number of aromatic hydroxyl groups is 3. The predicted molar refractivity (Wildman–Crippen MR) is 66.0 cm³/mol. The van der Waals surface area contributed by atoms with Gasteiger partial charge in [-0.05, 0) is 31.2 Å². The topological polar surface area (TPSA) is 77.8 Å². The molecule has 0 saturated carbocycles. The highest BCUT2D eigenvalue weighted by molar-refractivity contribution is 6.11. The van der Waals surface area contributed by atoms with Gasteiger partial charge in [-0.15, -0.1) is 0 Å². The number of ketones is 1. The van der Waals surface area contributed by atoms with Crippen molar-refractivity contribution in [1.29, 1.82) is 0 Å². The van der Waals surface area contributed by atoms with E-state index >= 15 is 0 Å². The first-order valence-corrected chi connectivity index (χ1v) is 5.57. The van der Waals surface area contributed by atoms with E-state index in [1.807, 2.05) is 0 Å². The fourth-order valence-electron chi connectivity index (χ4n) is 1.72. The van der Waals surface area contributed by atoms with E-state index in [4.69, 9.17) is 5.11 Å². The van der Waals surface area contributed by atoms with Crippen molar-refractivity contribution in [2.75, 3.05) is 0 Å². The monoisotopic (exact) mass is 280 g/mol. The molecule has 0 saturated heterocycles. The van der Waals surface area contributed by atoms with Crippen LogP contribution in [0.5, 0.6) is 17.2 Å². The second-order valence-corrected chi connectivity index (χ2v) is 4.22. The van der Waals surface area contributed by atoms with Crippen molar-refractivity contribution in [2.45, 2.75) is 6.92 Å². The van der Waals surface area contributed by atoms with Gasteiger partial charge in [0.1, 0.15) is 11.5 Å². The molecule has 0 spiro atoms. The largest absolute Gasteiger partial charge is 0.508 e. The summed E-state index contributed by atoms with van der Waals surface area (Å²) < 4.78 is 26.4. The molecule has 20 heavy (non-hydrogen) atoms. The maximum Gasteiger partial charge on any atom is 0.196 e. The number of hydrogen-bond acceptors (Lipinski definition) is 4. The Morgan fingerprint density at radius 3 is 2.10 bits per heavy atom. The first-order valence-electron chi connectivity index (χ1n) is 5.57. The van der Waals surface area contributed by atoms with Gasteiger partial charge in [0, 0.05) is 11.1 Å². The van der Waals surface area contributed by atoms with Crippen LogP contribution >= 0.6 is 0 Å². The van der Waals surface area contributed by atoms with Crippen molar-refractivity contribution in [2.24, 2.45) is 0 Å². The number of halogens is 2. The SMILES string of the molecule is Cc1c(O)ccc(C(=O)c2cc(F)c(O)c(F)c2)c1O. The average Bonchev–Trinajstić information content (AvgIpc) is 2.41. The number of phenolic OH excluding ortho intramolecular Hbond substituents is 3. The van der Waals surface area contributed by atoms with E-state index in [1.54, 1.807) is 0 Å². The van der Waals surface area contributed by atoms with E-state index < -0.39 is 28.9 Å². The summed E-state index contributed by atoms with van der Waals surface area (Å²) in [5.41, 5.74) is -0.487. The van der Waals surface area contributed by atoms with E-state index in [9.17, 15) is 23.8 Å². The van der Waals surface area contributed by atoms with Crippen LogP contribution in [0, 0.1) is 18.6 Å². The molecule has 0 heterocycles. The zero-order chi connectivity index (χ0) is 15.0. The minimum Gasteiger partial charge on any atom is -0.508 e. The highest BCUT2D eigenvalue weighted by atomic mass is 19.1. The number of carbonyl (C=O) groups excluding carboxylic acids is 1. The van der Waals surface area contributed by atoms with Crippen molar-refractivity contribution in [3.63, 3.8) is 0 Å². The Bertz CT molecular complexity index is 688. The summed E-state index contributed by atoms with van der Waals surface area (Å²) in [6.45, 7) is 1.39. The van der Waals surface area contributed by atoms with Gasteiger partial charge in [0.25, 0.3) is 0 Å². The van der Waals surface area contributed by atoms with Crippen LogP contribution in [0.1, 0.15) is 21.5 Å². The van der Waals surface area contributed by atoms with E-state index in [-0.39, 0.29) is 22.4 Å². The molecule has 2 rings (SSSR count). The molecular weight excluding hydrogens is 270 g/mol. The molecular formula is C14H10F2O4. The first kappa shape index (κ1) is 13.8. The van der Waals surface area contributed by atoms with E-state index in [1.165, 1.54) is 13.0 Å². The van der Waals surface area contributed by atoms with Gasteiger partial charge >= 0.3 is 0 Å². The molecule has 0 unspecified atom stereocenters. The molecule has 6 heteroatoms. The molecule has 4 nitrogen and oxygen atoms in total. The lowest BCUT2D eigenvalue weighted by atomic mass is 9.99. The van der Waals surface area contributed by atoms with E-state index in [0.717, 1.165) is 6.07 Å². The quantitative estimate of drug-likeness (QED) is 0.739. The van der Waals surface area contributed by atoms with Gasteiger partial charge in [-0.3, -0.25) is 4.79 Å². The summed E-state index contributed by atoms with van der Waals surface area (Å²) in [5, 5.41) is 28.1. The highest BCUT2D eigenvalue weighted by Crippen LogP contribution is 2.32. The van der Waals surface area contributed by atoms with Crippen molar-refractivity contribution >= 4 is 5.78 Å². The van der Waals surface area contributed by atoms with Gasteiger partial charge in [-0.25, -0.2) is 8.78 Å². The second kappa shape index (κ2) is 4.80. The molecule has 2 aromatic carbocycles. The van der Waals surface area contributed by atoms with Gasteiger partial charge in [-0.2, -0.15) is 0 Å². The number of rotatable bonds is 2. The summed E-state index contributed by atoms with van der Waals surface area (Å²) in [6, 6.07) is 3.67. The third-order valence-electron chi connectivity index (χ3n) is 2.93. The van der Waals surface area contributed by atoms with Crippen molar-refractivity contribution in [3.8, 4) is 17.2 Å². The standard InChI is InChI=1S/C14H10F2O4/c1-6-11(17)3-2-8(12(6)18)13(19)7-4-9(15)14(20)10(16)5-7/h2-5,17-18,20H,1H3. The smallest absolute Gasteiger partial charge is 0.196 e. The van der Waals surface area contributed by atoms with Crippen LogP contribution in [0.3, 0.4) is 0 Å². The Morgan fingerprint density at radius 2 is 1.55 bits per heavy atom. The van der Waals surface area contributed by atoms with Crippen molar-refractivity contribution < 1.29 is 28.9 Å². The fourth-order valence-corrected chi connectivity index (χ4v) is 1.72. The van der Waals surface area contributed by atoms with Gasteiger partial charge in [0.2, 0.25) is 0 Å². The Morgan fingerprint density at radius 1 is 1.00 bits per heavy atom. The molecule has 0 radical (unpaired) electrons. The molecule has 104 valence electrons. The zero-order valence-electron chi connectivity index (χ0n) is 10.3. The molecule has 3 N–H and O–H groups in total. The van der Waals surface area contributed by atoms with Gasteiger partial charge in [-0.1, -0.05) is 0 Å². The lowest BCUT2D eigenvalue weighted by Gasteiger charge is -2.08. The average molecular weight is 280 g/mol. The van der Waals surface area contributed by atoms with Gasteiger partial charge in [0.15, 0.2) is 23.2 Å². The molecule has 0 aromatic heterocycles. The molecule has 2 aromatic rings. The minimum atomic E-state index is -1.27. The van der Waals surface area contributed by atoms with Crippen molar-refractivity contribution in [3.05, 3.63) is 52.6 Å². The molecule has 0 fully saturated rings. The van der Waals surface area contributed by atoms with E-state index in [2.05, 4.69) is 0 Å². The summed E-state index contributed by atoms with van der Waals surface area (Å²) in [6.07, 6.45) is 0. The Kier molecular flexibility index (Phi) is 3.31. The number of benzene rings is 2. The third kappa shape index (κ3) is 2.16. The molecule has 0 aliphatic heterocycles. The van der Waals surface area contributed by atoms with Crippen LogP contribution in [0.4, 0.5) is 8.78 Å². The Balaban J connectivity index is 2.55. The lowest BCUT2D eigenvalue weighted by molar-refractivity contribution is 0.103. The summed E-state index contributed by atoms with van der Waals surface area (Å²) >= 11 is 0. The lowest BCUT2D eigenvalue weighted by Crippen LogP contribution is -2.04. The molecule has 0 bridgehead atoms. The maximum absolute atomic E-state index is 13.2. The van der Waals surface area contributed by atoms with Gasteiger partial charge in [0.05, 0.1) is 5.56 Å². The van der Waals surface area contributed by atoms with Crippen LogP contribution in [0.2, 0.25) is 0 Å². The number of carbonyl (C=O) groups is 1. The third-order valence-corrected chi connectivity index (χ3v) is 2.93. The molecule has 0 aliphatic rings. The fraction of sp³-hybridized carbons (Fsp3) is 0.0714. The predicted octanol–water partition coefficient (Wildman–Crippen LogP) is 2.62. The van der Waals surface area contributed by atoms with Crippen molar-refractivity contribution in [1.82, 2.24) is 0 Å². The summed E-state index contributed by atoms with van der Waals surface area (Å²) in [5.74, 6) is -5.23. The first-order chi connectivity index (χ1) is 9.32. The number of hydrogen-bond donors (Lipinski definition) is 3. The van der Waals surface area contributed by atoms with Crippen LogP contribution in [-0.2, 0) is 0 Å². The molecule has 0 atom stereocenters. The number of phenols is 3. The maximum atomic E-state index is 13.2. The Hall–Kier alpha value is -2.63. The van der Waals surface area contributed by atoms with Crippen LogP contribution < -0.4 is 0 Å². The minimum absolute atomic E-state index is 0.0792. The van der Waals surface area contributed by atoms with Crippen LogP contribution in [0.15, 0.2) is 24.3 Å². The van der Waals surface area contributed by atoms with Gasteiger partial charge < -0.3 is 15.3 Å². The molecule has 0 amide bonds.